The first-order chi connectivity index (χ1) is 10.1. The minimum absolute atomic E-state index is 0.0779. The van der Waals surface area contributed by atoms with E-state index in [4.69, 9.17) is 0 Å². The van der Waals surface area contributed by atoms with Crippen LogP contribution in [0.1, 0.15) is 10.5 Å². The molecular weight excluding hydrogens is 285 g/mol. The number of carbonyl (C=O) groups is 1. The van der Waals surface area contributed by atoms with Crippen LogP contribution in [-0.4, -0.2) is 20.5 Å². The summed E-state index contributed by atoms with van der Waals surface area (Å²) in [4.78, 5) is 16.1. The van der Waals surface area contributed by atoms with Crippen LogP contribution >= 0.6 is 0 Å². The third-order valence-electron chi connectivity index (χ3n) is 2.81. The Hall–Kier alpha value is -2.90. The Morgan fingerprint density at radius 3 is 2.67 bits per heavy atom. The molecule has 21 heavy (non-hydrogen) atoms. The Balaban J connectivity index is 1.97. The number of halogens is 3. The molecule has 5 nitrogen and oxygen atoms in total. The van der Waals surface area contributed by atoms with Gasteiger partial charge in [-0.2, -0.15) is 5.10 Å². The quantitative estimate of drug-likeness (QED) is 0.738. The van der Waals surface area contributed by atoms with Crippen molar-refractivity contribution in [3.05, 3.63) is 59.8 Å². The van der Waals surface area contributed by atoms with Crippen LogP contribution in [0.15, 0.2) is 36.7 Å². The zero-order valence-corrected chi connectivity index (χ0v) is 10.3. The highest BCUT2D eigenvalue weighted by molar-refractivity contribution is 6.03. The summed E-state index contributed by atoms with van der Waals surface area (Å²) >= 11 is 0. The number of benzene rings is 1. The van der Waals surface area contributed by atoms with Gasteiger partial charge in [-0.15, -0.1) is 0 Å². The van der Waals surface area contributed by atoms with Crippen LogP contribution in [0.3, 0.4) is 0 Å². The average Bonchev–Trinajstić information content (AvgIpc) is 2.96. The Labute approximate surface area is 116 Å². The summed E-state index contributed by atoms with van der Waals surface area (Å²) in [5, 5.41) is 6.07. The van der Waals surface area contributed by atoms with Crippen LogP contribution < -0.4 is 5.32 Å². The highest BCUT2D eigenvalue weighted by Gasteiger charge is 2.17. The predicted octanol–water partition coefficient (Wildman–Crippen LogP) is 2.40. The number of hydrogen-bond acceptors (Lipinski definition) is 3. The fourth-order valence-electron chi connectivity index (χ4n) is 1.82. The van der Waals surface area contributed by atoms with E-state index in [1.807, 2.05) is 0 Å². The monoisotopic (exact) mass is 292 g/mol. The lowest BCUT2D eigenvalue weighted by atomic mass is 10.2. The van der Waals surface area contributed by atoms with E-state index in [2.05, 4.69) is 15.4 Å². The van der Waals surface area contributed by atoms with Crippen molar-refractivity contribution in [2.24, 2.45) is 0 Å². The molecule has 1 aromatic carbocycles. The smallest absolute Gasteiger partial charge is 0.274 e. The van der Waals surface area contributed by atoms with Crippen LogP contribution in [0.2, 0.25) is 0 Å². The molecule has 0 saturated heterocycles. The number of rotatable bonds is 2. The summed E-state index contributed by atoms with van der Waals surface area (Å²) in [6.07, 6.45) is 2.82. The molecule has 0 aliphatic carbocycles. The number of anilines is 1. The first-order valence-corrected chi connectivity index (χ1v) is 5.81. The van der Waals surface area contributed by atoms with Crippen molar-refractivity contribution >= 4 is 17.2 Å². The molecule has 0 radical (unpaired) electrons. The van der Waals surface area contributed by atoms with Gasteiger partial charge in [0.1, 0.15) is 5.69 Å². The Morgan fingerprint density at radius 2 is 1.86 bits per heavy atom. The Kier molecular flexibility index (Phi) is 3.05. The molecule has 3 rings (SSSR count). The molecule has 106 valence electrons. The number of nitrogens with one attached hydrogen (secondary N) is 1. The standard InChI is InChI=1S/C13H7F3N4O/c14-7-1-2-8(12(16)11(7)15)19-13(21)9-3-5-17-10-4-6-18-20(9)10/h1-6H,(H,19,21). The van der Waals surface area contributed by atoms with E-state index in [1.54, 1.807) is 6.07 Å². The van der Waals surface area contributed by atoms with Crippen molar-refractivity contribution in [3.8, 4) is 0 Å². The molecule has 0 unspecified atom stereocenters. The van der Waals surface area contributed by atoms with E-state index in [1.165, 1.54) is 23.0 Å². The fraction of sp³-hybridized carbons (Fsp3) is 0. The normalized spacial score (nSPS) is 10.8. The van der Waals surface area contributed by atoms with Crippen LogP contribution in [0.25, 0.3) is 5.65 Å². The highest BCUT2D eigenvalue weighted by Crippen LogP contribution is 2.20. The van der Waals surface area contributed by atoms with Crippen LogP contribution in [-0.2, 0) is 0 Å². The first-order valence-electron chi connectivity index (χ1n) is 5.81. The predicted molar refractivity (Wildman–Crippen MR) is 67.3 cm³/mol. The minimum Gasteiger partial charge on any atom is -0.318 e. The summed E-state index contributed by atoms with van der Waals surface area (Å²) in [5.41, 5.74) is 0.0403. The van der Waals surface area contributed by atoms with Gasteiger partial charge in [-0.05, 0) is 18.2 Å². The summed E-state index contributed by atoms with van der Waals surface area (Å²) in [6.45, 7) is 0. The van der Waals surface area contributed by atoms with Crippen LogP contribution in [0, 0.1) is 17.5 Å². The molecule has 0 fully saturated rings. The lowest BCUT2D eigenvalue weighted by Crippen LogP contribution is -2.18. The first kappa shape index (κ1) is 13.1. The van der Waals surface area contributed by atoms with Gasteiger partial charge in [-0.25, -0.2) is 22.7 Å². The fourth-order valence-corrected chi connectivity index (χ4v) is 1.82. The van der Waals surface area contributed by atoms with Crippen molar-refractivity contribution in [1.82, 2.24) is 14.6 Å². The number of aromatic nitrogens is 3. The molecule has 2 aromatic heterocycles. The maximum absolute atomic E-state index is 13.5. The summed E-state index contributed by atoms with van der Waals surface area (Å²) in [6, 6.07) is 4.61. The van der Waals surface area contributed by atoms with E-state index in [9.17, 15) is 18.0 Å². The Morgan fingerprint density at radius 1 is 1.05 bits per heavy atom. The second-order valence-corrected chi connectivity index (χ2v) is 4.11. The summed E-state index contributed by atoms with van der Waals surface area (Å²) < 4.78 is 40.7. The molecule has 0 aliphatic heterocycles. The summed E-state index contributed by atoms with van der Waals surface area (Å²) in [5.74, 6) is -5.17. The van der Waals surface area contributed by atoms with E-state index < -0.39 is 29.0 Å². The van der Waals surface area contributed by atoms with Crippen molar-refractivity contribution in [3.63, 3.8) is 0 Å². The molecule has 2 heterocycles. The molecule has 3 aromatic rings. The molecule has 1 N–H and O–H groups in total. The number of amides is 1. The van der Waals surface area contributed by atoms with Gasteiger partial charge in [-0.1, -0.05) is 0 Å². The topological polar surface area (TPSA) is 59.3 Å². The van der Waals surface area contributed by atoms with Crippen molar-refractivity contribution in [1.29, 1.82) is 0 Å². The maximum atomic E-state index is 13.5. The van der Waals surface area contributed by atoms with Gasteiger partial charge in [0.15, 0.2) is 23.1 Å². The van der Waals surface area contributed by atoms with Crippen LogP contribution in [0.5, 0.6) is 0 Å². The van der Waals surface area contributed by atoms with Gasteiger partial charge in [-0.3, -0.25) is 4.79 Å². The number of carbonyl (C=O) groups excluding carboxylic acids is 1. The van der Waals surface area contributed by atoms with Crippen LogP contribution in [0.4, 0.5) is 18.9 Å². The van der Waals surface area contributed by atoms with Gasteiger partial charge in [0, 0.05) is 12.3 Å². The third kappa shape index (κ3) is 2.20. The van der Waals surface area contributed by atoms with Gasteiger partial charge >= 0.3 is 0 Å². The van der Waals surface area contributed by atoms with Crippen molar-refractivity contribution in [2.75, 3.05) is 5.32 Å². The van der Waals surface area contributed by atoms with Gasteiger partial charge < -0.3 is 5.32 Å². The number of nitrogens with zero attached hydrogens (tertiary/aromatic N) is 3. The lowest BCUT2D eigenvalue weighted by Gasteiger charge is -2.08. The maximum Gasteiger partial charge on any atom is 0.274 e. The second kappa shape index (κ2) is 4.89. The largest absolute Gasteiger partial charge is 0.318 e. The minimum atomic E-state index is -1.65. The molecular formula is C13H7F3N4O. The zero-order chi connectivity index (χ0) is 15.0. The highest BCUT2D eigenvalue weighted by atomic mass is 19.2. The zero-order valence-electron chi connectivity index (χ0n) is 10.3. The van der Waals surface area contributed by atoms with Gasteiger partial charge in [0.25, 0.3) is 5.91 Å². The van der Waals surface area contributed by atoms with Crippen molar-refractivity contribution in [2.45, 2.75) is 0 Å². The molecule has 0 atom stereocenters. The molecule has 0 saturated carbocycles. The lowest BCUT2D eigenvalue weighted by molar-refractivity contribution is 0.101. The van der Waals surface area contributed by atoms with E-state index in [0.717, 1.165) is 12.1 Å². The van der Waals surface area contributed by atoms with E-state index in [0.29, 0.717) is 5.65 Å². The van der Waals surface area contributed by atoms with E-state index >= 15 is 0 Å². The molecule has 8 heteroatoms. The third-order valence-corrected chi connectivity index (χ3v) is 2.81. The number of hydrogen-bond donors (Lipinski definition) is 1. The Bertz CT molecular complexity index is 847. The molecule has 1 amide bonds. The summed E-state index contributed by atoms with van der Waals surface area (Å²) in [7, 11) is 0. The SMILES string of the molecule is O=C(Nc1ccc(F)c(F)c1F)c1ccnc2ccnn12. The van der Waals surface area contributed by atoms with E-state index in [-0.39, 0.29) is 5.69 Å². The van der Waals surface area contributed by atoms with Gasteiger partial charge in [0.05, 0.1) is 11.9 Å². The number of fused-ring (bicyclic) bond motifs is 1. The molecule has 0 aliphatic rings. The average molecular weight is 292 g/mol. The second-order valence-electron chi connectivity index (χ2n) is 4.11. The molecule has 0 bridgehead atoms. The molecule has 0 spiro atoms. The van der Waals surface area contributed by atoms with Gasteiger partial charge in [0.2, 0.25) is 0 Å². The van der Waals surface area contributed by atoms with Crippen molar-refractivity contribution < 1.29 is 18.0 Å².